The molecule has 0 heterocycles. The van der Waals surface area contributed by atoms with Gasteiger partial charge in [-0.1, -0.05) is 57.2 Å². The lowest BCUT2D eigenvalue weighted by atomic mass is 10.1. The molecule has 10 heteroatoms. The van der Waals surface area contributed by atoms with Crippen LogP contribution in [0.5, 0.6) is 11.5 Å². The second kappa shape index (κ2) is 14.7. The summed E-state index contributed by atoms with van der Waals surface area (Å²) in [5, 5.41) is 2.94. The highest BCUT2D eigenvalue weighted by Crippen LogP contribution is 2.33. The van der Waals surface area contributed by atoms with Crippen molar-refractivity contribution in [2.75, 3.05) is 31.6 Å². The number of hydrogen-bond acceptors (Lipinski definition) is 6. The van der Waals surface area contributed by atoms with Crippen LogP contribution in [0.1, 0.15) is 38.3 Å². The number of sulfonamides is 1. The molecule has 1 atom stereocenters. The van der Waals surface area contributed by atoms with Crippen molar-refractivity contribution in [1.29, 1.82) is 0 Å². The zero-order valence-corrected chi connectivity index (χ0v) is 26.0. The summed E-state index contributed by atoms with van der Waals surface area (Å²) < 4.78 is 39.9. The summed E-state index contributed by atoms with van der Waals surface area (Å²) in [7, 11) is -1.31. The van der Waals surface area contributed by atoms with Crippen LogP contribution in [0.3, 0.4) is 0 Å². The lowest BCUT2D eigenvalue weighted by Crippen LogP contribution is -2.52. The van der Waals surface area contributed by atoms with E-state index < -0.39 is 28.5 Å². The fourth-order valence-corrected chi connectivity index (χ4v) is 5.96. The number of benzene rings is 3. The van der Waals surface area contributed by atoms with E-state index in [9.17, 15) is 18.0 Å². The van der Waals surface area contributed by atoms with E-state index in [0.717, 1.165) is 15.4 Å². The lowest BCUT2D eigenvalue weighted by Gasteiger charge is -2.34. The number of rotatable bonds is 14. The van der Waals surface area contributed by atoms with Gasteiger partial charge in [0, 0.05) is 13.1 Å². The number of nitrogens with one attached hydrogen (secondary N) is 1. The number of methoxy groups -OCH3 is 2. The summed E-state index contributed by atoms with van der Waals surface area (Å²) in [5.41, 5.74) is 2.03. The lowest BCUT2D eigenvalue weighted by molar-refractivity contribution is -0.140. The monoisotopic (exact) mass is 595 g/mol. The maximum absolute atomic E-state index is 14.2. The first kappa shape index (κ1) is 32.5. The van der Waals surface area contributed by atoms with E-state index in [0.29, 0.717) is 18.7 Å². The molecule has 3 rings (SSSR count). The third kappa shape index (κ3) is 7.82. The molecule has 0 aliphatic heterocycles. The topological polar surface area (TPSA) is 105 Å². The first-order valence-electron chi connectivity index (χ1n) is 13.9. The van der Waals surface area contributed by atoms with Gasteiger partial charge in [-0.2, -0.15) is 0 Å². The Kier molecular flexibility index (Phi) is 11.4. The maximum atomic E-state index is 14.2. The van der Waals surface area contributed by atoms with Gasteiger partial charge in [-0.05, 0) is 66.8 Å². The molecule has 0 unspecified atom stereocenters. The highest BCUT2D eigenvalue weighted by molar-refractivity contribution is 7.92. The molecule has 3 aromatic carbocycles. The molecule has 9 nitrogen and oxygen atoms in total. The van der Waals surface area contributed by atoms with Crippen LogP contribution < -0.4 is 19.1 Å². The molecule has 2 amide bonds. The number of para-hydroxylation sites is 2. The van der Waals surface area contributed by atoms with Gasteiger partial charge in [-0.3, -0.25) is 13.9 Å². The first-order valence-corrected chi connectivity index (χ1v) is 15.4. The zero-order valence-electron chi connectivity index (χ0n) is 25.2. The van der Waals surface area contributed by atoms with E-state index >= 15 is 0 Å². The van der Waals surface area contributed by atoms with E-state index in [1.807, 2.05) is 52.0 Å². The first-order chi connectivity index (χ1) is 20.0. The van der Waals surface area contributed by atoms with E-state index in [4.69, 9.17) is 9.47 Å². The second-order valence-corrected chi connectivity index (χ2v) is 12.2. The Morgan fingerprint density at radius 2 is 1.55 bits per heavy atom. The molecule has 0 saturated heterocycles. The fourth-order valence-electron chi connectivity index (χ4n) is 4.54. The van der Waals surface area contributed by atoms with Crippen LogP contribution in [-0.2, 0) is 26.2 Å². The Bertz CT molecular complexity index is 1460. The molecule has 3 aromatic rings. The Hall–Kier alpha value is -4.05. The molecule has 1 N–H and O–H groups in total. The third-order valence-corrected chi connectivity index (χ3v) is 8.73. The standard InChI is InChI=1S/C32H41N3O6S/c1-7-28(32(37)33-20-23(2)3)34(21-25-13-9-8-12-24(25)4)31(36)22-35(29-14-10-11-15-30(29)41-6)42(38,39)27-18-16-26(40-5)17-19-27/h8-19,23,28H,7,20-22H2,1-6H3,(H,33,37)/t28-/m1/s1. The van der Waals surface area contributed by atoms with Gasteiger partial charge in [0.1, 0.15) is 24.1 Å². The average molecular weight is 596 g/mol. The van der Waals surface area contributed by atoms with Gasteiger partial charge in [0.2, 0.25) is 11.8 Å². The van der Waals surface area contributed by atoms with E-state index in [1.165, 1.54) is 31.3 Å². The fraction of sp³-hybridized carbons (Fsp3) is 0.375. The minimum Gasteiger partial charge on any atom is -0.497 e. The van der Waals surface area contributed by atoms with Crippen molar-refractivity contribution in [1.82, 2.24) is 10.2 Å². The van der Waals surface area contributed by atoms with Crippen LogP contribution in [0.15, 0.2) is 77.7 Å². The van der Waals surface area contributed by atoms with Crippen LogP contribution in [0.25, 0.3) is 0 Å². The summed E-state index contributed by atoms with van der Waals surface area (Å²) >= 11 is 0. The highest BCUT2D eigenvalue weighted by atomic mass is 32.2. The summed E-state index contributed by atoms with van der Waals surface area (Å²) in [6.07, 6.45) is 0.349. The minimum absolute atomic E-state index is 0.0193. The SMILES string of the molecule is CC[C@H](C(=O)NCC(C)C)N(Cc1ccccc1C)C(=O)CN(c1ccccc1OC)S(=O)(=O)c1ccc(OC)cc1. The number of carbonyl (C=O) groups excluding carboxylic acids is 2. The van der Waals surface area contributed by atoms with Crippen LogP contribution >= 0.6 is 0 Å². The van der Waals surface area contributed by atoms with Crippen LogP contribution in [0, 0.1) is 12.8 Å². The van der Waals surface area contributed by atoms with Gasteiger partial charge in [-0.25, -0.2) is 8.42 Å². The molecule has 0 radical (unpaired) electrons. The van der Waals surface area contributed by atoms with Crippen LogP contribution in [-0.4, -0.2) is 58.5 Å². The van der Waals surface area contributed by atoms with Crippen LogP contribution in [0.2, 0.25) is 0 Å². The number of aryl methyl sites for hydroxylation is 1. The number of nitrogens with zero attached hydrogens (tertiary/aromatic N) is 2. The van der Waals surface area contributed by atoms with Gasteiger partial charge < -0.3 is 19.7 Å². The normalized spacial score (nSPS) is 12.0. The number of carbonyl (C=O) groups is 2. The largest absolute Gasteiger partial charge is 0.497 e. The smallest absolute Gasteiger partial charge is 0.264 e. The number of amides is 2. The van der Waals surface area contributed by atoms with E-state index in [2.05, 4.69) is 5.32 Å². The average Bonchev–Trinajstić information content (AvgIpc) is 2.99. The summed E-state index contributed by atoms with van der Waals surface area (Å²) in [6.45, 7) is 7.81. The van der Waals surface area contributed by atoms with Crippen molar-refractivity contribution in [3.8, 4) is 11.5 Å². The van der Waals surface area contributed by atoms with Crippen molar-refractivity contribution < 1.29 is 27.5 Å². The van der Waals surface area contributed by atoms with Crippen molar-refractivity contribution in [3.63, 3.8) is 0 Å². The molecule has 42 heavy (non-hydrogen) atoms. The maximum Gasteiger partial charge on any atom is 0.264 e. The number of anilines is 1. The molecular weight excluding hydrogens is 554 g/mol. The summed E-state index contributed by atoms with van der Waals surface area (Å²) in [5.74, 6) is 0.205. The Labute approximate surface area is 249 Å². The minimum atomic E-state index is -4.25. The van der Waals surface area contributed by atoms with Crippen molar-refractivity contribution in [2.45, 2.75) is 51.6 Å². The molecule has 0 saturated carbocycles. The molecule has 0 bridgehead atoms. The third-order valence-electron chi connectivity index (χ3n) is 6.95. The Balaban J connectivity index is 2.10. The summed E-state index contributed by atoms with van der Waals surface area (Å²) in [6, 6.07) is 19.4. The molecule has 0 aliphatic carbocycles. The van der Waals surface area contributed by atoms with Gasteiger partial charge in [0.05, 0.1) is 24.8 Å². The molecule has 0 fully saturated rings. The zero-order chi connectivity index (χ0) is 30.9. The molecule has 0 aromatic heterocycles. The van der Waals surface area contributed by atoms with Gasteiger partial charge >= 0.3 is 0 Å². The molecule has 0 aliphatic rings. The van der Waals surface area contributed by atoms with Crippen molar-refractivity contribution >= 4 is 27.5 Å². The summed E-state index contributed by atoms with van der Waals surface area (Å²) in [4.78, 5) is 29.1. The molecule has 0 spiro atoms. The molecule has 226 valence electrons. The Morgan fingerprint density at radius 1 is 0.905 bits per heavy atom. The van der Waals surface area contributed by atoms with E-state index in [1.54, 1.807) is 36.4 Å². The quantitative estimate of drug-likeness (QED) is 0.288. The second-order valence-electron chi connectivity index (χ2n) is 10.4. The Morgan fingerprint density at radius 3 is 2.14 bits per heavy atom. The van der Waals surface area contributed by atoms with Gasteiger partial charge in [-0.15, -0.1) is 0 Å². The van der Waals surface area contributed by atoms with Crippen molar-refractivity contribution in [3.05, 3.63) is 83.9 Å². The van der Waals surface area contributed by atoms with Gasteiger partial charge in [0.15, 0.2) is 0 Å². The van der Waals surface area contributed by atoms with Crippen molar-refractivity contribution in [2.24, 2.45) is 5.92 Å². The highest BCUT2D eigenvalue weighted by Gasteiger charge is 2.35. The van der Waals surface area contributed by atoms with Crippen LogP contribution in [0.4, 0.5) is 5.69 Å². The predicted octanol–water partition coefficient (Wildman–Crippen LogP) is 4.79. The molecular formula is C32H41N3O6S. The van der Waals surface area contributed by atoms with Gasteiger partial charge in [0.25, 0.3) is 10.0 Å². The predicted molar refractivity (Wildman–Crippen MR) is 164 cm³/mol. The van der Waals surface area contributed by atoms with E-state index in [-0.39, 0.29) is 34.7 Å². The number of ether oxygens (including phenoxy) is 2. The number of hydrogen-bond donors (Lipinski definition) is 1.